The molecule has 0 saturated carbocycles. The molecule has 6 heteroatoms. The van der Waals surface area contributed by atoms with Gasteiger partial charge in [-0.25, -0.2) is 0 Å². The summed E-state index contributed by atoms with van der Waals surface area (Å²) in [5.74, 6) is 0.352. The Kier molecular flexibility index (Phi) is 5.50. The number of anilines is 2. The minimum absolute atomic E-state index is 0.176. The van der Waals surface area contributed by atoms with Gasteiger partial charge in [-0.1, -0.05) is 36.4 Å². The van der Waals surface area contributed by atoms with E-state index in [0.717, 1.165) is 56.9 Å². The highest BCUT2D eigenvalue weighted by Crippen LogP contribution is 2.29. The van der Waals surface area contributed by atoms with Crippen molar-refractivity contribution >= 4 is 23.2 Å². The molecule has 0 radical (unpaired) electrons. The molecule has 0 aromatic heterocycles. The highest BCUT2D eigenvalue weighted by Gasteiger charge is 2.32. The van der Waals surface area contributed by atoms with E-state index in [0.29, 0.717) is 13.1 Å². The summed E-state index contributed by atoms with van der Waals surface area (Å²) in [4.78, 5) is 34.3. The average Bonchev–Trinajstić information content (AvgIpc) is 3.40. The van der Waals surface area contributed by atoms with Gasteiger partial charge in [0.2, 0.25) is 11.8 Å². The fourth-order valence-electron chi connectivity index (χ4n) is 5.18. The zero-order valence-corrected chi connectivity index (χ0v) is 18.2. The minimum Gasteiger partial charge on any atom is -0.311 e. The van der Waals surface area contributed by atoms with Gasteiger partial charge >= 0.3 is 0 Å². The predicted molar refractivity (Wildman–Crippen MR) is 122 cm³/mol. The van der Waals surface area contributed by atoms with Gasteiger partial charge in [0.25, 0.3) is 0 Å². The first kappa shape index (κ1) is 20.2. The molecule has 0 spiro atoms. The van der Waals surface area contributed by atoms with Gasteiger partial charge in [-0.2, -0.15) is 0 Å². The van der Waals surface area contributed by atoms with E-state index >= 15 is 0 Å². The maximum absolute atomic E-state index is 13.0. The monoisotopic (exact) mass is 418 g/mol. The number of carbonyl (C=O) groups excluding carboxylic acids is 2. The van der Waals surface area contributed by atoms with Crippen LogP contribution in [-0.4, -0.2) is 73.5 Å². The summed E-state index contributed by atoms with van der Waals surface area (Å²) >= 11 is 0. The highest BCUT2D eigenvalue weighted by molar-refractivity contribution is 5.97. The van der Waals surface area contributed by atoms with E-state index in [1.54, 1.807) is 0 Å². The lowest BCUT2D eigenvalue weighted by molar-refractivity contribution is -0.123. The molecule has 1 unspecified atom stereocenters. The van der Waals surface area contributed by atoms with Crippen LogP contribution in [0.2, 0.25) is 0 Å². The zero-order valence-electron chi connectivity index (χ0n) is 18.2. The van der Waals surface area contributed by atoms with E-state index < -0.39 is 0 Å². The van der Waals surface area contributed by atoms with Crippen molar-refractivity contribution < 1.29 is 9.59 Å². The Hall–Kier alpha value is -2.70. The van der Waals surface area contributed by atoms with Crippen LogP contribution in [0.4, 0.5) is 11.4 Å². The van der Waals surface area contributed by atoms with E-state index in [1.165, 1.54) is 11.1 Å². The third kappa shape index (κ3) is 3.98. The van der Waals surface area contributed by atoms with Crippen molar-refractivity contribution in [1.82, 2.24) is 9.80 Å². The SMILES string of the molecule is CC1CN(CC(=O)N2CCc3ccccc32)CCN1CC(=O)N1CCc2ccccc21. The lowest BCUT2D eigenvalue weighted by atomic mass is 10.1. The second-order valence-corrected chi connectivity index (χ2v) is 8.90. The maximum atomic E-state index is 13.0. The van der Waals surface area contributed by atoms with Crippen molar-refractivity contribution in [2.45, 2.75) is 25.8 Å². The van der Waals surface area contributed by atoms with E-state index in [-0.39, 0.29) is 17.9 Å². The first-order valence-electron chi connectivity index (χ1n) is 11.3. The summed E-state index contributed by atoms with van der Waals surface area (Å²) in [6.07, 6.45) is 1.88. The number of para-hydroxylation sites is 2. The van der Waals surface area contributed by atoms with Crippen LogP contribution in [0.3, 0.4) is 0 Å². The number of hydrogen-bond acceptors (Lipinski definition) is 4. The minimum atomic E-state index is 0.176. The van der Waals surface area contributed by atoms with Crippen molar-refractivity contribution in [1.29, 1.82) is 0 Å². The lowest BCUT2D eigenvalue weighted by Gasteiger charge is -2.40. The van der Waals surface area contributed by atoms with Crippen LogP contribution in [0.5, 0.6) is 0 Å². The fourth-order valence-corrected chi connectivity index (χ4v) is 5.18. The van der Waals surface area contributed by atoms with Gasteiger partial charge in [0.05, 0.1) is 13.1 Å². The fraction of sp³-hybridized carbons (Fsp3) is 0.440. The van der Waals surface area contributed by atoms with Gasteiger partial charge in [-0.05, 0) is 43.0 Å². The summed E-state index contributed by atoms with van der Waals surface area (Å²) in [5.41, 5.74) is 4.65. The molecule has 0 N–H and O–H groups in total. The molecule has 1 atom stereocenters. The van der Waals surface area contributed by atoms with Crippen LogP contribution < -0.4 is 9.80 Å². The van der Waals surface area contributed by atoms with Gasteiger partial charge in [0.15, 0.2) is 0 Å². The maximum Gasteiger partial charge on any atom is 0.241 e. The standard InChI is InChI=1S/C25H30N4O2/c1-19-16-26(17-24(30)28-12-10-20-6-2-4-8-22(20)28)14-15-27(19)18-25(31)29-13-11-21-7-3-5-9-23(21)29/h2-9,19H,10-18H2,1H3. The molecule has 1 saturated heterocycles. The Labute approximate surface area is 184 Å². The van der Waals surface area contributed by atoms with Crippen LogP contribution >= 0.6 is 0 Å². The topological polar surface area (TPSA) is 47.1 Å². The molecule has 5 rings (SSSR count). The number of benzene rings is 2. The predicted octanol–water partition coefficient (Wildman–Crippen LogP) is 2.17. The van der Waals surface area contributed by atoms with Gasteiger partial charge in [-0.3, -0.25) is 19.4 Å². The Bertz CT molecular complexity index is 991. The molecule has 3 heterocycles. The van der Waals surface area contributed by atoms with Gasteiger partial charge in [0, 0.05) is 50.1 Å². The molecule has 0 aliphatic carbocycles. The number of hydrogen-bond donors (Lipinski definition) is 0. The van der Waals surface area contributed by atoms with E-state index in [1.807, 2.05) is 46.2 Å². The van der Waals surface area contributed by atoms with Crippen LogP contribution in [0.1, 0.15) is 18.1 Å². The molecule has 2 amide bonds. The van der Waals surface area contributed by atoms with Crippen LogP contribution in [0.25, 0.3) is 0 Å². The smallest absolute Gasteiger partial charge is 0.241 e. The van der Waals surface area contributed by atoms with E-state index in [2.05, 4.69) is 28.9 Å². The lowest BCUT2D eigenvalue weighted by Crippen LogP contribution is -2.56. The molecule has 0 bridgehead atoms. The summed E-state index contributed by atoms with van der Waals surface area (Å²) in [5, 5.41) is 0. The van der Waals surface area contributed by atoms with Crippen LogP contribution in [0.15, 0.2) is 48.5 Å². The second-order valence-electron chi connectivity index (χ2n) is 8.90. The summed E-state index contributed by atoms with van der Waals surface area (Å²) < 4.78 is 0. The molecule has 2 aromatic carbocycles. The highest BCUT2D eigenvalue weighted by atomic mass is 16.2. The summed E-state index contributed by atoms with van der Waals surface area (Å²) in [7, 11) is 0. The van der Waals surface area contributed by atoms with E-state index in [4.69, 9.17) is 0 Å². The quantitative estimate of drug-likeness (QED) is 0.764. The Balaban J connectivity index is 1.15. The molecule has 3 aliphatic rings. The molecule has 162 valence electrons. The Morgan fingerprint density at radius 2 is 1.32 bits per heavy atom. The number of amides is 2. The number of fused-ring (bicyclic) bond motifs is 2. The molecule has 6 nitrogen and oxygen atoms in total. The normalized spacial score (nSPS) is 21.3. The molecular formula is C25H30N4O2. The number of piperazine rings is 1. The second kappa shape index (κ2) is 8.44. The van der Waals surface area contributed by atoms with E-state index in [9.17, 15) is 9.59 Å². The first-order valence-corrected chi connectivity index (χ1v) is 11.3. The van der Waals surface area contributed by atoms with Crippen molar-refractivity contribution in [2.24, 2.45) is 0 Å². The first-order chi connectivity index (χ1) is 15.1. The average molecular weight is 419 g/mol. The molecular weight excluding hydrogens is 388 g/mol. The van der Waals surface area contributed by atoms with Gasteiger partial charge in [-0.15, -0.1) is 0 Å². The van der Waals surface area contributed by atoms with Crippen LogP contribution in [-0.2, 0) is 22.4 Å². The third-order valence-corrected chi connectivity index (χ3v) is 6.92. The van der Waals surface area contributed by atoms with Gasteiger partial charge < -0.3 is 9.80 Å². The third-order valence-electron chi connectivity index (χ3n) is 6.92. The Morgan fingerprint density at radius 1 is 0.774 bits per heavy atom. The van der Waals surface area contributed by atoms with Crippen molar-refractivity contribution in [3.63, 3.8) is 0 Å². The summed E-state index contributed by atoms with van der Waals surface area (Å²) in [6, 6.07) is 16.6. The largest absolute Gasteiger partial charge is 0.311 e. The molecule has 2 aromatic rings. The van der Waals surface area contributed by atoms with Crippen molar-refractivity contribution in [3.8, 4) is 0 Å². The number of nitrogens with zero attached hydrogens (tertiary/aromatic N) is 4. The molecule has 31 heavy (non-hydrogen) atoms. The number of rotatable bonds is 4. The summed E-state index contributed by atoms with van der Waals surface area (Å²) in [6.45, 7) is 7.04. The Morgan fingerprint density at radius 3 is 1.90 bits per heavy atom. The van der Waals surface area contributed by atoms with Crippen LogP contribution in [0, 0.1) is 0 Å². The van der Waals surface area contributed by atoms with Gasteiger partial charge in [0.1, 0.15) is 0 Å². The molecule has 1 fully saturated rings. The van der Waals surface area contributed by atoms with Crippen molar-refractivity contribution in [3.05, 3.63) is 59.7 Å². The molecule has 3 aliphatic heterocycles. The van der Waals surface area contributed by atoms with Crippen molar-refractivity contribution in [2.75, 3.05) is 55.6 Å². The number of carbonyl (C=O) groups is 2. The zero-order chi connectivity index (χ0) is 21.4.